The van der Waals surface area contributed by atoms with Gasteiger partial charge in [0.15, 0.2) is 0 Å². The molecule has 186 valence electrons. The van der Waals surface area contributed by atoms with Gasteiger partial charge in [0, 0.05) is 0 Å². The zero-order valence-corrected chi connectivity index (χ0v) is 22.2. The maximum Gasteiger partial charge on any atom is 0.143 e. The number of piperidine rings is 1. The average Bonchev–Trinajstić information content (AvgIpc) is 2.79. The highest BCUT2D eigenvalue weighted by molar-refractivity contribution is 5.77. The second-order valence-electron chi connectivity index (χ2n) is 8.89. The van der Waals surface area contributed by atoms with E-state index in [1.165, 1.54) is 57.3 Å². The van der Waals surface area contributed by atoms with Crippen LogP contribution in [0.25, 0.3) is 0 Å². The summed E-state index contributed by atoms with van der Waals surface area (Å²) in [6.07, 6.45) is 6.90. The number of aliphatic hydroxyl groups is 1. The number of Topliss-reactive ketones (excluding diaryl/α,β-unsaturated/α-hetero) is 1. The van der Waals surface area contributed by atoms with Crippen LogP contribution in [0.4, 0.5) is 0 Å². The topological polar surface area (TPSA) is 43.8 Å². The summed E-state index contributed by atoms with van der Waals surface area (Å²) in [6, 6.07) is 7.99. The van der Waals surface area contributed by atoms with E-state index in [4.69, 9.17) is 0 Å². The Kier molecular flexibility index (Phi) is 18.5. The van der Waals surface area contributed by atoms with Gasteiger partial charge in [0.1, 0.15) is 5.78 Å². The van der Waals surface area contributed by atoms with Crippen molar-refractivity contribution in [1.29, 1.82) is 0 Å². The number of likely N-dealkylation sites (tertiary alicyclic amines) is 1. The highest BCUT2D eigenvalue weighted by atomic mass is 16.3. The lowest BCUT2D eigenvalue weighted by atomic mass is 9.93. The number of ketones is 1. The van der Waals surface area contributed by atoms with Gasteiger partial charge in [-0.25, -0.2) is 0 Å². The lowest BCUT2D eigenvalue weighted by Gasteiger charge is -2.32. The molecule has 1 aliphatic rings. The van der Waals surface area contributed by atoms with Gasteiger partial charge in [0.25, 0.3) is 0 Å². The number of hydrogen-bond donors (Lipinski definition) is 1. The number of rotatable bonds is 11. The summed E-state index contributed by atoms with van der Waals surface area (Å²) in [6.45, 7) is 20.9. The van der Waals surface area contributed by atoms with Crippen molar-refractivity contribution in [1.82, 2.24) is 9.80 Å². The summed E-state index contributed by atoms with van der Waals surface area (Å²) in [5, 5.41) is 9.45. The van der Waals surface area contributed by atoms with E-state index in [0.29, 0.717) is 12.3 Å². The van der Waals surface area contributed by atoms with E-state index in [2.05, 4.69) is 23.6 Å². The van der Waals surface area contributed by atoms with E-state index in [9.17, 15) is 9.90 Å². The minimum atomic E-state index is -0.296. The van der Waals surface area contributed by atoms with Crippen molar-refractivity contribution in [2.24, 2.45) is 5.92 Å². The van der Waals surface area contributed by atoms with Crippen LogP contribution in [0.1, 0.15) is 97.3 Å². The number of aliphatic hydroxyl groups excluding tert-OH is 1. The maximum absolute atomic E-state index is 11.1. The van der Waals surface area contributed by atoms with Gasteiger partial charge in [-0.1, -0.05) is 64.4 Å². The van der Waals surface area contributed by atoms with Gasteiger partial charge < -0.3 is 10.0 Å². The highest BCUT2D eigenvalue weighted by Gasteiger charge is 2.20. The van der Waals surface area contributed by atoms with E-state index in [-0.39, 0.29) is 6.10 Å². The molecule has 0 bridgehead atoms. The largest absolute Gasteiger partial charge is 0.388 e. The smallest absolute Gasteiger partial charge is 0.143 e. The number of hydrogen-bond acceptors (Lipinski definition) is 4. The molecule has 1 fully saturated rings. The Balaban J connectivity index is 0.000000626. The third-order valence-electron chi connectivity index (χ3n) is 5.90. The lowest BCUT2D eigenvalue weighted by molar-refractivity contribution is -0.118. The van der Waals surface area contributed by atoms with Crippen molar-refractivity contribution in [3.8, 4) is 0 Å². The Hall–Kier alpha value is -1.23. The summed E-state index contributed by atoms with van der Waals surface area (Å²) < 4.78 is 0. The molecule has 4 nitrogen and oxygen atoms in total. The van der Waals surface area contributed by atoms with Crippen LogP contribution < -0.4 is 0 Å². The number of aryl methyl sites for hydroxylation is 1. The van der Waals surface area contributed by atoms with Gasteiger partial charge in [0.2, 0.25) is 0 Å². The molecule has 1 heterocycles. The fourth-order valence-electron chi connectivity index (χ4n) is 4.19. The molecule has 0 amide bonds. The van der Waals surface area contributed by atoms with Gasteiger partial charge in [-0.2, -0.15) is 0 Å². The molecule has 1 saturated heterocycles. The van der Waals surface area contributed by atoms with Crippen molar-refractivity contribution < 1.29 is 9.90 Å². The molecule has 1 atom stereocenters. The van der Waals surface area contributed by atoms with Gasteiger partial charge in [0.05, 0.1) is 12.6 Å². The fourth-order valence-corrected chi connectivity index (χ4v) is 4.19. The van der Waals surface area contributed by atoms with Crippen LogP contribution in [-0.2, 0) is 4.79 Å². The fraction of sp³-hybridized carbons (Fsp3) is 0.750. The van der Waals surface area contributed by atoms with Crippen LogP contribution in [0.2, 0.25) is 0 Å². The van der Waals surface area contributed by atoms with Crippen LogP contribution in [0.3, 0.4) is 0 Å². The van der Waals surface area contributed by atoms with E-state index < -0.39 is 0 Å². The molecule has 0 saturated carbocycles. The summed E-state index contributed by atoms with van der Waals surface area (Å²) in [5.74, 6) is 1.18. The van der Waals surface area contributed by atoms with Crippen LogP contribution in [0, 0.1) is 12.8 Å². The molecule has 0 aliphatic carbocycles. The predicted octanol–water partition coefficient (Wildman–Crippen LogP) is 6.26. The maximum atomic E-state index is 11.1. The van der Waals surface area contributed by atoms with Crippen LogP contribution in [-0.4, -0.2) is 60.0 Å². The first-order valence-electron chi connectivity index (χ1n) is 13.1. The first kappa shape index (κ1) is 30.8. The Morgan fingerprint density at radius 1 is 1.09 bits per heavy atom. The van der Waals surface area contributed by atoms with Crippen molar-refractivity contribution >= 4 is 5.78 Å². The molecule has 0 aromatic heterocycles. The zero-order chi connectivity index (χ0) is 24.4. The van der Waals surface area contributed by atoms with Crippen molar-refractivity contribution in [2.75, 3.05) is 39.3 Å². The SMILES string of the molecule is CC.CCC(O)c1cccc(C)c1.CCCN(CCC)CCC1CCN(CC(C)=O)CC1. The first-order valence-corrected chi connectivity index (χ1v) is 13.1. The van der Waals surface area contributed by atoms with E-state index in [1.807, 2.05) is 52.0 Å². The van der Waals surface area contributed by atoms with Gasteiger partial charge in [-0.05, 0) is 96.6 Å². The zero-order valence-electron chi connectivity index (χ0n) is 22.2. The minimum absolute atomic E-state index is 0.296. The summed E-state index contributed by atoms with van der Waals surface area (Å²) >= 11 is 0. The molecule has 1 aliphatic heterocycles. The highest BCUT2D eigenvalue weighted by Crippen LogP contribution is 2.21. The Bertz CT molecular complexity index is 577. The Morgan fingerprint density at radius 2 is 1.69 bits per heavy atom. The molecule has 1 unspecified atom stereocenters. The molecule has 0 radical (unpaired) electrons. The number of carbonyl (C=O) groups excluding carboxylic acids is 1. The number of carbonyl (C=O) groups is 1. The van der Waals surface area contributed by atoms with Crippen molar-refractivity contribution in [3.63, 3.8) is 0 Å². The van der Waals surface area contributed by atoms with Gasteiger partial charge >= 0.3 is 0 Å². The van der Waals surface area contributed by atoms with Crippen LogP contribution >= 0.6 is 0 Å². The van der Waals surface area contributed by atoms with Crippen LogP contribution in [0.15, 0.2) is 24.3 Å². The summed E-state index contributed by atoms with van der Waals surface area (Å²) in [5.41, 5.74) is 2.22. The standard InChI is InChI=1S/C16H32N2O.C10H14O.C2H6/c1-4-9-17(10-5-2)11-6-16-7-12-18(13-8-16)14-15(3)19;1-3-10(11)9-6-4-5-8(2)7-9;1-2/h16H,4-14H2,1-3H3;4-7,10-11H,3H2,1-2H3;1-2H3. The molecule has 0 spiro atoms. The molecule has 4 heteroatoms. The number of nitrogens with zero attached hydrogens (tertiary/aromatic N) is 2. The second kappa shape index (κ2) is 19.3. The Labute approximate surface area is 199 Å². The Morgan fingerprint density at radius 3 is 2.16 bits per heavy atom. The van der Waals surface area contributed by atoms with E-state index in [0.717, 1.165) is 31.0 Å². The molecule has 1 aromatic carbocycles. The quantitative estimate of drug-likeness (QED) is 0.434. The molecule has 2 rings (SSSR count). The van der Waals surface area contributed by atoms with E-state index in [1.54, 1.807) is 6.92 Å². The molecule has 1 aromatic rings. The van der Waals surface area contributed by atoms with Crippen molar-refractivity contribution in [3.05, 3.63) is 35.4 Å². The van der Waals surface area contributed by atoms with Crippen molar-refractivity contribution in [2.45, 2.75) is 93.1 Å². The second-order valence-corrected chi connectivity index (χ2v) is 8.89. The van der Waals surface area contributed by atoms with Gasteiger partial charge in [-0.3, -0.25) is 9.69 Å². The van der Waals surface area contributed by atoms with E-state index >= 15 is 0 Å². The first-order chi connectivity index (χ1) is 15.4. The minimum Gasteiger partial charge on any atom is -0.388 e. The van der Waals surface area contributed by atoms with Crippen LogP contribution in [0.5, 0.6) is 0 Å². The molecule has 32 heavy (non-hydrogen) atoms. The molecule has 1 N–H and O–H groups in total. The van der Waals surface area contributed by atoms with Gasteiger partial charge in [-0.15, -0.1) is 0 Å². The normalized spacial score (nSPS) is 15.4. The third kappa shape index (κ3) is 14.0. The predicted molar refractivity (Wildman–Crippen MR) is 139 cm³/mol. The third-order valence-corrected chi connectivity index (χ3v) is 5.90. The summed E-state index contributed by atoms with van der Waals surface area (Å²) in [7, 11) is 0. The molecular formula is C28H52N2O2. The summed E-state index contributed by atoms with van der Waals surface area (Å²) in [4.78, 5) is 16.0. The average molecular weight is 449 g/mol. The lowest BCUT2D eigenvalue weighted by Crippen LogP contribution is -2.37. The number of benzene rings is 1. The monoisotopic (exact) mass is 448 g/mol. The molecular weight excluding hydrogens is 396 g/mol.